The molecule has 0 aromatic carbocycles. The second kappa shape index (κ2) is 4.49. The van der Waals surface area contributed by atoms with E-state index in [4.69, 9.17) is 10.5 Å². The average molecular weight is 212 g/mol. The van der Waals surface area contributed by atoms with Gasteiger partial charge in [-0.15, -0.1) is 0 Å². The van der Waals surface area contributed by atoms with Gasteiger partial charge in [0, 0.05) is 13.2 Å². The van der Waals surface area contributed by atoms with Crippen molar-refractivity contribution in [2.24, 2.45) is 5.73 Å². The first-order chi connectivity index (χ1) is 7.21. The van der Waals surface area contributed by atoms with E-state index in [2.05, 4.69) is 5.32 Å². The fourth-order valence-corrected chi connectivity index (χ4v) is 2.18. The molecule has 0 spiro atoms. The van der Waals surface area contributed by atoms with Crippen LogP contribution >= 0.6 is 0 Å². The third-order valence-electron chi connectivity index (χ3n) is 3.47. The summed E-state index contributed by atoms with van der Waals surface area (Å²) in [6, 6.07) is 0. The minimum atomic E-state index is -0.559. The first kappa shape index (κ1) is 10.9. The molecule has 1 saturated carbocycles. The Labute approximate surface area is 90.5 Å². The van der Waals surface area contributed by atoms with Gasteiger partial charge >= 0.3 is 0 Å². The molecule has 86 valence electrons. The van der Waals surface area contributed by atoms with E-state index in [9.17, 15) is 4.79 Å². The van der Waals surface area contributed by atoms with Crippen molar-refractivity contribution in [2.45, 2.75) is 50.2 Å². The predicted molar refractivity (Wildman–Crippen MR) is 57.4 cm³/mol. The van der Waals surface area contributed by atoms with Gasteiger partial charge in [-0.2, -0.15) is 0 Å². The van der Waals surface area contributed by atoms with E-state index >= 15 is 0 Å². The van der Waals surface area contributed by atoms with Crippen LogP contribution < -0.4 is 11.1 Å². The van der Waals surface area contributed by atoms with E-state index in [0.717, 1.165) is 45.1 Å². The molecular weight excluding hydrogens is 192 g/mol. The van der Waals surface area contributed by atoms with Gasteiger partial charge in [-0.25, -0.2) is 0 Å². The minimum Gasteiger partial charge on any atom is -0.378 e. The number of carbonyl (C=O) groups excluding carboxylic acids is 1. The molecule has 3 N–H and O–H groups in total. The van der Waals surface area contributed by atoms with Crippen molar-refractivity contribution in [2.75, 3.05) is 13.2 Å². The van der Waals surface area contributed by atoms with Crippen LogP contribution in [0.15, 0.2) is 0 Å². The van der Waals surface area contributed by atoms with Crippen molar-refractivity contribution < 1.29 is 9.53 Å². The highest BCUT2D eigenvalue weighted by Gasteiger charge is 2.39. The van der Waals surface area contributed by atoms with Gasteiger partial charge in [0.05, 0.1) is 11.6 Å². The second-order valence-corrected chi connectivity index (χ2v) is 4.69. The van der Waals surface area contributed by atoms with Crippen molar-refractivity contribution in [3.05, 3.63) is 0 Å². The Kier molecular flexibility index (Phi) is 3.26. The lowest BCUT2D eigenvalue weighted by atomic mass is 9.77. The van der Waals surface area contributed by atoms with Crippen molar-refractivity contribution in [3.63, 3.8) is 0 Å². The van der Waals surface area contributed by atoms with Gasteiger partial charge in [0.15, 0.2) is 0 Å². The van der Waals surface area contributed by atoms with Crippen LogP contribution in [-0.2, 0) is 9.53 Å². The fourth-order valence-electron chi connectivity index (χ4n) is 2.18. The Morgan fingerprint density at radius 2 is 2.27 bits per heavy atom. The normalized spacial score (nSPS) is 28.5. The monoisotopic (exact) mass is 212 g/mol. The molecule has 1 unspecified atom stereocenters. The lowest BCUT2D eigenvalue weighted by molar-refractivity contribution is -0.129. The Morgan fingerprint density at radius 1 is 1.47 bits per heavy atom. The summed E-state index contributed by atoms with van der Waals surface area (Å²) >= 11 is 0. The van der Waals surface area contributed by atoms with Crippen LogP contribution in [0, 0.1) is 0 Å². The largest absolute Gasteiger partial charge is 0.378 e. The third-order valence-corrected chi connectivity index (χ3v) is 3.47. The molecule has 0 aromatic rings. The fraction of sp³-hybridized carbons (Fsp3) is 0.909. The summed E-state index contributed by atoms with van der Waals surface area (Å²) in [5, 5.41) is 2.91. The van der Waals surface area contributed by atoms with Gasteiger partial charge in [0.1, 0.15) is 0 Å². The number of hydrogen-bond donors (Lipinski definition) is 2. The van der Waals surface area contributed by atoms with Gasteiger partial charge < -0.3 is 15.8 Å². The Morgan fingerprint density at radius 3 is 2.80 bits per heavy atom. The molecule has 4 heteroatoms. The molecule has 2 rings (SSSR count). The van der Waals surface area contributed by atoms with Gasteiger partial charge in [0.2, 0.25) is 5.91 Å². The molecule has 1 atom stereocenters. The van der Waals surface area contributed by atoms with E-state index in [1.165, 1.54) is 0 Å². The van der Waals surface area contributed by atoms with E-state index in [0.29, 0.717) is 12.6 Å². The van der Waals surface area contributed by atoms with Crippen molar-refractivity contribution in [1.82, 2.24) is 5.32 Å². The number of carbonyl (C=O) groups is 1. The molecule has 2 fully saturated rings. The first-order valence-corrected chi connectivity index (χ1v) is 5.89. The van der Waals surface area contributed by atoms with Crippen LogP contribution in [0.3, 0.4) is 0 Å². The maximum atomic E-state index is 11.6. The summed E-state index contributed by atoms with van der Waals surface area (Å²) in [5.74, 6) is 0.0201. The summed E-state index contributed by atoms with van der Waals surface area (Å²) in [4.78, 5) is 11.6. The molecule has 1 heterocycles. The zero-order valence-corrected chi connectivity index (χ0v) is 9.13. The highest BCUT2D eigenvalue weighted by atomic mass is 16.5. The summed E-state index contributed by atoms with van der Waals surface area (Å²) in [5.41, 5.74) is 5.34. The van der Waals surface area contributed by atoms with Crippen molar-refractivity contribution >= 4 is 5.91 Å². The predicted octanol–water partition coefficient (Wildman–Crippen LogP) is 0.553. The number of rotatable bonds is 4. The van der Waals surface area contributed by atoms with Gasteiger partial charge in [-0.3, -0.25) is 4.79 Å². The smallest absolute Gasteiger partial charge is 0.240 e. The highest BCUT2D eigenvalue weighted by molar-refractivity contribution is 5.86. The lowest BCUT2D eigenvalue weighted by Gasteiger charge is -2.36. The van der Waals surface area contributed by atoms with Crippen molar-refractivity contribution in [1.29, 1.82) is 0 Å². The summed E-state index contributed by atoms with van der Waals surface area (Å²) in [6.45, 7) is 1.57. The number of hydrogen-bond acceptors (Lipinski definition) is 3. The zero-order valence-electron chi connectivity index (χ0n) is 9.13. The van der Waals surface area contributed by atoms with Gasteiger partial charge in [0.25, 0.3) is 0 Å². The molecule has 1 saturated heterocycles. The molecular formula is C11H20N2O2. The highest BCUT2D eigenvalue weighted by Crippen LogP contribution is 2.29. The second-order valence-electron chi connectivity index (χ2n) is 4.69. The Hall–Kier alpha value is -0.610. The molecule has 1 aliphatic heterocycles. The molecule has 0 aromatic heterocycles. The average Bonchev–Trinajstić information content (AvgIpc) is 2.66. The number of nitrogens with one attached hydrogen (secondary N) is 1. The van der Waals surface area contributed by atoms with Crippen molar-refractivity contribution in [3.8, 4) is 0 Å². The van der Waals surface area contributed by atoms with Crippen LogP contribution in [0.2, 0.25) is 0 Å². The molecule has 1 amide bonds. The maximum absolute atomic E-state index is 11.6. The minimum absolute atomic E-state index is 0.0201. The number of amides is 1. The van der Waals surface area contributed by atoms with Crippen LogP contribution in [0.5, 0.6) is 0 Å². The lowest BCUT2D eigenvalue weighted by Crippen LogP contribution is -2.58. The zero-order chi connectivity index (χ0) is 10.7. The summed E-state index contributed by atoms with van der Waals surface area (Å²) < 4.78 is 5.48. The molecule has 0 radical (unpaired) electrons. The SMILES string of the molecule is NC1(C(=O)NCCC2CCCO2)CCC1. The molecule has 1 aliphatic carbocycles. The molecule has 0 bridgehead atoms. The van der Waals surface area contributed by atoms with Crippen LogP contribution in [0.25, 0.3) is 0 Å². The maximum Gasteiger partial charge on any atom is 0.240 e. The third kappa shape index (κ3) is 2.49. The Bertz CT molecular complexity index is 233. The van der Waals surface area contributed by atoms with Crippen LogP contribution in [0.1, 0.15) is 38.5 Å². The van der Waals surface area contributed by atoms with E-state index < -0.39 is 5.54 Å². The van der Waals surface area contributed by atoms with E-state index in [-0.39, 0.29) is 5.91 Å². The standard InChI is InChI=1S/C11H20N2O2/c12-11(5-2-6-11)10(14)13-7-4-9-3-1-8-15-9/h9H,1-8,12H2,(H,13,14). The Balaban J connectivity index is 1.62. The summed E-state index contributed by atoms with van der Waals surface area (Å²) in [6.07, 6.45) is 6.29. The number of ether oxygens (including phenoxy) is 1. The van der Waals surface area contributed by atoms with Gasteiger partial charge in [-0.05, 0) is 38.5 Å². The molecule has 2 aliphatic rings. The molecule has 4 nitrogen and oxygen atoms in total. The van der Waals surface area contributed by atoms with Crippen LogP contribution in [-0.4, -0.2) is 30.7 Å². The number of nitrogens with two attached hydrogens (primary N) is 1. The van der Waals surface area contributed by atoms with Crippen LogP contribution in [0.4, 0.5) is 0 Å². The molecule has 15 heavy (non-hydrogen) atoms. The van der Waals surface area contributed by atoms with E-state index in [1.54, 1.807) is 0 Å². The quantitative estimate of drug-likeness (QED) is 0.715. The topological polar surface area (TPSA) is 64.4 Å². The van der Waals surface area contributed by atoms with E-state index in [1.807, 2.05) is 0 Å². The van der Waals surface area contributed by atoms with Gasteiger partial charge in [-0.1, -0.05) is 0 Å². The first-order valence-electron chi connectivity index (χ1n) is 5.89. The summed E-state index contributed by atoms with van der Waals surface area (Å²) in [7, 11) is 0.